The van der Waals surface area contributed by atoms with Gasteiger partial charge in [-0.2, -0.15) is 0 Å². The topological polar surface area (TPSA) is 26.0 Å². The van der Waals surface area contributed by atoms with Gasteiger partial charge in [0.25, 0.3) is 0 Å². The normalized spacial score (nSPS) is 9.89. The van der Waals surface area contributed by atoms with Gasteiger partial charge in [0.1, 0.15) is 0 Å². The quantitative estimate of drug-likeness (QED) is 0.831. The fourth-order valence-electron chi connectivity index (χ4n) is 2.22. The van der Waals surface area contributed by atoms with Crippen LogP contribution < -0.4 is 5.73 Å². The van der Waals surface area contributed by atoms with E-state index in [0.717, 1.165) is 19.4 Å². The number of rotatable bonds is 5. The van der Waals surface area contributed by atoms with E-state index in [1.54, 1.807) is 0 Å². The molecule has 0 unspecified atom stereocenters. The van der Waals surface area contributed by atoms with Gasteiger partial charge in [-0.25, -0.2) is 0 Å². The summed E-state index contributed by atoms with van der Waals surface area (Å²) in [7, 11) is 0. The largest absolute Gasteiger partial charge is 0.330 e. The summed E-state index contributed by atoms with van der Waals surface area (Å²) in [5.74, 6) is 0.473. The zero-order valence-corrected chi connectivity index (χ0v) is 12.0. The minimum absolute atomic E-state index is 0.473. The van der Waals surface area contributed by atoms with Crippen molar-refractivity contribution in [3.63, 3.8) is 0 Å². The number of nitrogens with two attached hydrogens (primary N) is 1. The lowest BCUT2D eigenvalue weighted by atomic mass is 9.87. The van der Waals surface area contributed by atoms with Crippen molar-refractivity contribution in [2.24, 2.45) is 5.73 Å². The second-order valence-corrected chi connectivity index (χ2v) is 4.30. The third-order valence-corrected chi connectivity index (χ3v) is 3.10. The molecule has 0 atom stereocenters. The average molecular weight is 255 g/mol. The molecule has 0 amide bonds. The molecule has 2 aromatic carbocycles. The molecule has 0 aliphatic rings. The first-order chi connectivity index (χ1) is 9.42. The maximum Gasteiger partial charge on any atom is 0.00898 e. The van der Waals surface area contributed by atoms with Gasteiger partial charge in [0.2, 0.25) is 0 Å². The second-order valence-electron chi connectivity index (χ2n) is 4.30. The lowest BCUT2D eigenvalue weighted by molar-refractivity contribution is 0.669. The summed E-state index contributed by atoms with van der Waals surface area (Å²) in [5.41, 5.74) is 8.40. The third kappa shape index (κ3) is 4.88. The Morgan fingerprint density at radius 3 is 1.58 bits per heavy atom. The second kappa shape index (κ2) is 9.35. The Morgan fingerprint density at radius 2 is 1.21 bits per heavy atom. The van der Waals surface area contributed by atoms with E-state index in [1.807, 2.05) is 13.8 Å². The Hall–Kier alpha value is -1.60. The van der Waals surface area contributed by atoms with Crippen LogP contribution in [0.2, 0.25) is 0 Å². The maximum atomic E-state index is 5.63. The molecular formula is C18H25N. The number of hydrogen-bond acceptors (Lipinski definition) is 1. The molecule has 0 bridgehead atoms. The van der Waals surface area contributed by atoms with Crippen LogP contribution in [-0.4, -0.2) is 6.54 Å². The molecule has 2 rings (SSSR count). The predicted octanol–water partition coefficient (Wildman–Crippen LogP) is 4.58. The van der Waals surface area contributed by atoms with Crippen LogP contribution in [0.1, 0.15) is 43.7 Å². The van der Waals surface area contributed by atoms with Crippen LogP contribution >= 0.6 is 0 Å². The van der Waals surface area contributed by atoms with Gasteiger partial charge in [-0.3, -0.25) is 0 Å². The van der Waals surface area contributed by atoms with Gasteiger partial charge in [-0.15, -0.1) is 0 Å². The molecule has 0 fully saturated rings. The molecular weight excluding hydrogens is 230 g/mol. The van der Waals surface area contributed by atoms with Crippen molar-refractivity contribution in [1.29, 1.82) is 0 Å². The van der Waals surface area contributed by atoms with E-state index >= 15 is 0 Å². The molecule has 0 aromatic heterocycles. The lowest BCUT2D eigenvalue weighted by Gasteiger charge is -2.17. The fraction of sp³-hybridized carbons (Fsp3) is 0.333. The van der Waals surface area contributed by atoms with E-state index in [4.69, 9.17) is 5.73 Å². The molecule has 2 N–H and O–H groups in total. The maximum absolute atomic E-state index is 5.63. The van der Waals surface area contributed by atoms with Crippen molar-refractivity contribution in [3.05, 3.63) is 71.8 Å². The van der Waals surface area contributed by atoms with E-state index in [-0.39, 0.29) is 0 Å². The molecule has 2 aromatic rings. The summed E-state index contributed by atoms with van der Waals surface area (Å²) in [6, 6.07) is 21.4. The number of benzene rings is 2. The zero-order valence-electron chi connectivity index (χ0n) is 12.0. The average Bonchev–Trinajstić information content (AvgIpc) is 2.52. The molecule has 0 heterocycles. The molecule has 0 spiro atoms. The summed E-state index contributed by atoms with van der Waals surface area (Å²) < 4.78 is 0. The molecule has 0 saturated carbocycles. The summed E-state index contributed by atoms with van der Waals surface area (Å²) in [4.78, 5) is 0. The summed E-state index contributed by atoms with van der Waals surface area (Å²) in [6.45, 7) is 4.76. The van der Waals surface area contributed by atoms with Crippen LogP contribution in [0.5, 0.6) is 0 Å². The van der Waals surface area contributed by atoms with Gasteiger partial charge in [0.15, 0.2) is 0 Å². The Labute approximate surface area is 117 Å². The summed E-state index contributed by atoms with van der Waals surface area (Å²) >= 11 is 0. The van der Waals surface area contributed by atoms with Crippen LogP contribution in [-0.2, 0) is 0 Å². The SMILES string of the molecule is CC.NCCCC(c1ccccc1)c1ccccc1. The summed E-state index contributed by atoms with van der Waals surface area (Å²) in [6.07, 6.45) is 2.18. The van der Waals surface area contributed by atoms with Crippen molar-refractivity contribution in [2.75, 3.05) is 6.54 Å². The minimum Gasteiger partial charge on any atom is -0.330 e. The molecule has 0 saturated heterocycles. The molecule has 0 radical (unpaired) electrons. The Kier molecular flexibility index (Phi) is 7.60. The van der Waals surface area contributed by atoms with Crippen LogP contribution in [0.4, 0.5) is 0 Å². The zero-order chi connectivity index (χ0) is 13.9. The molecule has 19 heavy (non-hydrogen) atoms. The van der Waals surface area contributed by atoms with Gasteiger partial charge in [-0.05, 0) is 30.5 Å². The van der Waals surface area contributed by atoms with Gasteiger partial charge in [0.05, 0.1) is 0 Å². The minimum atomic E-state index is 0.473. The van der Waals surface area contributed by atoms with Crippen LogP contribution in [0.15, 0.2) is 60.7 Å². The van der Waals surface area contributed by atoms with Crippen molar-refractivity contribution in [1.82, 2.24) is 0 Å². The Morgan fingerprint density at radius 1 is 0.789 bits per heavy atom. The van der Waals surface area contributed by atoms with Crippen molar-refractivity contribution < 1.29 is 0 Å². The third-order valence-electron chi connectivity index (χ3n) is 3.10. The van der Waals surface area contributed by atoms with Gasteiger partial charge >= 0.3 is 0 Å². The highest BCUT2D eigenvalue weighted by molar-refractivity contribution is 5.32. The van der Waals surface area contributed by atoms with E-state index in [1.165, 1.54) is 11.1 Å². The highest BCUT2D eigenvalue weighted by Gasteiger charge is 2.12. The van der Waals surface area contributed by atoms with Crippen LogP contribution in [0.3, 0.4) is 0 Å². The fourth-order valence-corrected chi connectivity index (χ4v) is 2.22. The van der Waals surface area contributed by atoms with E-state index in [2.05, 4.69) is 60.7 Å². The van der Waals surface area contributed by atoms with E-state index in [9.17, 15) is 0 Å². The molecule has 0 aliphatic carbocycles. The Bertz CT molecular complexity index is 382. The smallest absolute Gasteiger partial charge is 0.00898 e. The highest BCUT2D eigenvalue weighted by atomic mass is 14.5. The van der Waals surface area contributed by atoms with Crippen molar-refractivity contribution in [2.45, 2.75) is 32.6 Å². The van der Waals surface area contributed by atoms with E-state index < -0.39 is 0 Å². The monoisotopic (exact) mass is 255 g/mol. The van der Waals surface area contributed by atoms with Crippen molar-refractivity contribution >= 4 is 0 Å². The lowest BCUT2D eigenvalue weighted by Crippen LogP contribution is -2.05. The first-order valence-electron chi connectivity index (χ1n) is 7.22. The van der Waals surface area contributed by atoms with Crippen LogP contribution in [0.25, 0.3) is 0 Å². The first-order valence-corrected chi connectivity index (χ1v) is 7.22. The first kappa shape index (κ1) is 15.5. The highest BCUT2D eigenvalue weighted by Crippen LogP contribution is 2.28. The van der Waals surface area contributed by atoms with Gasteiger partial charge in [0, 0.05) is 5.92 Å². The van der Waals surface area contributed by atoms with Gasteiger partial charge in [-0.1, -0.05) is 74.5 Å². The molecule has 1 nitrogen and oxygen atoms in total. The predicted molar refractivity (Wildman–Crippen MR) is 84.4 cm³/mol. The standard InChI is InChI=1S/C16H19N.C2H6/c17-13-7-12-16(14-8-3-1-4-9-14)15-10-5-2-6-11-15;1-2/h1-6,8-11,16H,7,12-13,17H2;1-2H3. The number of hydrogen-bond donors (Lipinski definition) is 1. The molecule has 0 aliphatic heterocycles. The molecule has 1 heteroatoms. The van der Waals surface area contributed by atoms with Gasteiger partial charge < -0.3 is 5.73 Å². The Balaban J connectivity index is 0.000000861. The van der Waals surface area contributed by atoms with E-state index in [0.29, 0.717) is 5.92 Å². The molecule has 102 valence electrons. The van der Waals surface area contributed by atoms with Crippen molar-refractivity contribution in [3.8, 4) is 0 Å². The van der Waals surface area contributed by atoms with Crippen LogP contribution in [0, 0.1) is 0 Å². The summed E-state index contributed by atoms with van der Waals surface area (Å²) in [5, 5.41) is 0.